The molecule has 2 fully saturated rings. The van der Waals surface area contributed by atoms with E-state index in [-0.39, 0.29) is 0 Å². The van der Waals surface area contributed by atoms with Gasteiger partial charge in [-0.3, -0.25) is 0 Å². The number of aldehydes is 1. The lowest BCUT2D eigenvalue weighted by molar-refractivity contribution is -0.109. The van der Waals surface area contributed by atoms with Crippen molar-refractivity contribution in [1.82, 2.24) is 4.90 Å². The number of fused-ring (bicyclic) bond motifs is 1. The SMILES string of the molecule is CN1C[C@@H]2[C@@H](C=O)[C@@H]2C1. The van der Waals surface area contributed by atoms with Crippen LogP contribution >= 0.6 is 0 Å². The number of hydrogen-bond donors (Lipinski definition) is 0. The van der Waals surface area contributed by atoms with Crippen molar-refractivity contribution in [2.24, 2.45) is 17.8 Å². The Labute approximate surface area is 54.8 Å². The van der Waals surface area contributed by atoms with E-state index in [1.54, 1.807) is 0 Å². The van der Waals surface area contributed by atoms with Crippen molar-refractivity contribution in [2.75, 3.05) is 20.1 Å². The largest absolute Gasteiger partial charge is 0.306 e. The highest BCUT2D eigenvalue weighted by Gasteiger charge is 2.54. The van der Waals surface area contributed by atoms with E-state index >= 15 is 0 Å². The predicted octanol–water partition coefficient (Wildman–Crippen LogP) is -0.00710. The molecule has 0 aromatic carbocycles. The van der Waals surface area contributed by atoms with Crippen LogP contribution in [0.1, 0.15) is 0 Å². The van der Waals surface area contributed by atoms with Gasteiger partial charge < -0.3 is 9.69 Å². The second-order valence-electron chi connectivity index (χ2n) is 3.26. The average molecular weight is 125 g/mol. The summed E-state index contributed by atoms with van der Waals surface area (Å²) in [6.07, 6.45) is 1.13. The zero-order valence-corrected chi connectivity index (χ0v) is 5.58. The summed E-state index contributed by atoms with van der Waals surface area (Å²) in [5, 5.41) is 0. The Morgan fingerprint density at radius 3 is 2.44 bits per heavy atom. The van der Waals surface area contributed by atoms with Gasteiger partial charge in [-0.15, -0.1) is 0 Å². The molecule has 0 aromatic heterocycles. The van der Waals surface area contributed by atoms with Crippen molar-refractivity contribution in [1.29, 1.82) is 0 Å². The highest BCUT2D eigenvalue weighted by molar-refractivity contribution is 5.60. The molecule has 2 aliphatic rings. The van der Waals surface area contributed by atoms with E-state index < -0.39 is 0 Å². The lowest BCUT2D eigenvalue weighted by Crippen LogP contribution is -2.19. The molecule has 1 saturated heterocycles. The molecule has 2 rings (SSSR count). The van der Waals surface area contributed by atoms with E-state index in [9.17, 15) is 4.79 Å². The van der Waals surface area contributed by atoms with Crippen LogP contribution in [0, 0.1) is 17.8 Å². The summed E-state index contributed by atoms with van der Waals surface area (Å²) < 4.78 is 0. The van der Waals surface area contributed by atoms with Crippen molar-refractivity contribution < 1.29 is 4.79 Å². The van der Waals surface area contributed by atoms with Crippen LogP contribution in [0.2, 0.25) is 0 Å². The van der Waals surface area contributed by atoms with Gasteiger partial charge in [0.05, 0.1) is 0 Å². The average Bonchev–Trinajstić information content (AvgIpc) is 2.30. The van der Waals surface area contributed by atoms with Crippen LogP contribution in [0.3, 0.4) is 0 Å². The molecule has 2 nitrogen and oxygen atoms in total. The molecular weight excluding hydrogens is 114 g/mol. The van der Waals surface area contributed by atoms with Crippen molar-refractivity contribution in [3.05, 3.63) is 0 Å². The van der Waals surface area contributed by atoms with Gasteiger partial charge in [-0.25, -0.2) is 0 Å². The lowest BCUT2D eigenvalue weighted by Gasteiger charge is -2.09. The minimum atomic E-state index is 0.432. The van der Waals surface area contributed by atoms with Crippen LogP contribution < -0.4 is 0 Å². The summed E-state index contributed by atoms with van der Waals surface area (Å²) in [4.78, 5) is 12.6. The maximum Gasteiger partial charge on any atom is 0.123 e. The summed E-state index contributed by atoms with van der Waals surface area (Å²) in [7, 11) is 2.12. The molecule has 1 saturated carbocycles. The molecule has 0 amide bonds. The molecular formula is C7H11NO. The Hall–Kier alpha value is -0.370. The summed E-state index contributed by atoms with van der Waals surface area (Å²) in [6, 6.07) is 0. The van der Waals surface area contributed by atoms with Crippen LogP contribution in [0.5, 0.6) is 0 Å². The van der Waals surface area contributed by atoms with Gasteiger partial charge in [0.25, 0.3) is 0 Å². The molecule has 1 heterocycles. The number of carbonyl (C=O) groups is 1. The minimum absolute atomic E-state index is 0.432. The molecule has 1 aliphatic carbocycles. The highest BCUT2D eigenvalue weighted by Crippen LogP contribution is 2.49. The van der Waals surface area contributed by atoms with E-state index in [0.29, 0.717) is 5.92 Å². The number of hydrogen-bond acceptors (Lipinski definition) is 2. The van der Waals surface area contributed by atoms with Crippen LogP contribution in [0.4, 0.5) is 0 Å². The number of piperidine rings is 1. The van der Waals surface area contributed by atoms with Gasteiger partial charge in [-0.1, -0.05) is 0 Å². The standard InChI is InChI=1S/C7H11NO/c1-8-2-5-6(3-8)7(5)4-9/h4-7H,2-3H2,1H3/t5-,6+,7+. The number of carbonyl (C=O) groups excluding carboxylic acids is 1. The zero-order valence-electron chi connectivity index (χ0n) is 5.58. The monoisotopic (exact) mass is 125 g/mol. The summed E-state index contributed by atoms with van der Waals surface area (Å²) in [5.41, 5.74) is 0. The van der Waals surface area contributed by atoms with Crippen molar-refractivity contribution >= 4 is 6.29 Å². The Bertz CT molecular complexity index is 134. The third-order valence-electron chi connectivity index (χ3n) is 2.60. The van der Waals surface area contributed by atoms with E-state index in [4.69, 9.17) is 0 Å². The van der Waals surface area contributed by atoms with Crippen LogP contribution in [0.15, 0.2) is 0 Å². The fourth-order valence-corrected chi connectivity index (χ4v) is 1.99. The zero-order chi connectivity index (χ0) is 6.43. The van der Waals surface area contributed by atoms with Crippen molar-refractivity contribution in [2.45, 2.75) is 0 Å². The first-order valence-electron chi connectivity index (χ1n) is 3.47. The Kier molecular flexibility index (Phi) is 0.943. The first kappa shape index (κ1) is 5.42. The van der Waals surface area contributed by atoms with Crippen LogP contribution in [0.25, 0.3) is 0 Å². The van der Waals surface area contributed by atoms with Crippen molar-refractivity contribution in [3.8, 4) is 0 Å². The van der Waals surface area contributed by atoms with E-state index in [1.807, 2.05) is 0 Å². The van der Waals surface area contributed by atoms with Gasteiger partial charge in [-0.05, 0) is 18.9 Å². The van der Waals surface area contributed by atoms with E-state index in [1.165, 1.54) is 0 Å². The Morgan fingerprint density at radius 2 is 2.00 bits per heavy atom. The molecule has 2 heteroatoms. The Balaban J connectivity index is 1.98. The maximum absolute atomic E-state index is 10.3. The van der Waals surface area contributed by atoms with Crippen LogP contribution in [-0.2, 0) is 4.79 Å². The quantitative estimate of drug-likeness (QED) is 0.459. The molecule has 1 aliphatic heterocycles. The molecule has 3 atom stereocenters. The van der Waals surface area contributed by atoms with Gasteiger partial charge in [0.2, 0.25) is 0 Å². The molecule has 0 spiro atoms. The first-order chi connectivity index (χ1) is 4.33. The van der Waals surface area contributed by atoms with Crippen molar-refractivity contribution in [3.63, 3.8) is 0 Å². The topological polar surface area (TPSA) is 20.3 Å². The van der Waals surface area contributed by atoms with E-state index in [0.717, 1.165) is 31.2 Å². The minimum Gasteiger partial charge on any atom is -0.306 e. The Morgan fingerprint density at radius 1 is 1.44 bits per heavy atom. The normalized spacial score (nSPS) is 48.8. The van der Waals surface area contributed by atoms with E-state index in [2.05, 4.69) is 11.9 Å². The number of rotatable bonds is 1. The van der Waals surface area contributed by atoms with Gasteiger partial charge in [0.1, 0.15) is 6.29 Å². The molecule has 0 bridgehead atoms. The van der Waals surface area contributed by atoms with Gasteiger partial charge >= 0.3 is 0 Å². The lowest BCUT2D eigenvalue weighted by atomic mass is 10.3. The second kappa shape index (κ2) is 1.57. The molecule has 0 unspecified atom stereocenters. The third-order valence-corrected chi connectivity index (χ3v) is 2.60. The fraction of sp³-hybridized carbons (Fsp3) is 0.857. The molecule has 50 valence electrons. The summed E-state index contributed by atoms with van der Waals surface area (Å²) >= 11 is 0. The summed E-state index contributed by atoms with van der Waals surface area (Å²) in [5.74, 6) is 1.89. The smallest absolute Gasteiger partial charge is 0.123 e. The summed E-state index contributed by atoms with van der Waals surface area (Å²) in [6.45, 7) is 2.29. The number of likely N-dealkylation sites (tertiary alicyclic amines) is 1. The first-order valence-corrected chi connectivity index (χ1v) is 3.47. The fourth-order valence-electron chi connectivity index (χ4n) is 1.99. The number of nitrogens with zero attached hydrogens (tertiary/aromatic N) is 1. The molecule has 0 N–H and O–H groups in total. The van der Waals surface area contributed by atoms with Gasteiger partial charge in [-0.2, -0.15) is 0 Å². The highest BCUT2D eigenvalue weighted by atomic mass is 16.1. The second-order valence-corrected chi connectivity index (χ2v) is 3.26. The maximum atomic E-state index is 10.3. The molecule has 0 aromatic rings. The molecule has 0 radical (unpaired) electrons. The molecule has 9 heavy (non-hydrogen) atoms. The third kappa shape index (κ3) is 0.628. The van der Waals surface area contributed by atoms with Gasteiger partial charge in [0.15, 0.2) is 0 Å². The van der Waals surface area contributed by atoms with Crippen LogP contribution in [-0.4, -0.2) is 31.3 Å². The predicted molar refractivity (Wildman–Crippen MR) is 34.0 cm³/mol. The van der Waals surface area contributed by atoms with Gasteiger partial charge in [0, 0.05) is 19.0 Å².